The van der Waals surface area contributed by atoms with Crippen molar-refractivity contribution < 1.29 is 22.8 Å². The van der Waals surface area contributed by atoms with Gasteiger partial charge in [-0.2, -0.15) is 18.2 Å². The number of rotatable bonds is 3. The van der Waals surface area contributed by atoms with E-state index in [0.29, 0.717) is 49.0 Å². The molecular formula is C22H20F3N4O2S2+. The van der Waals surface area contributed by atoms with Crippen molar-refractivity contribution in [3.63, 3.8) is 0 Å². The molecule has 0 unspecified atom stereocenters. The fourth-order valence-corrected chi connectivity index (χ4v) is 6.07. The third-order valence-corrected chi connectivity index (χ3v) is 8.02. The van der Waals surface area contributed by atoms with Gasteiger partial charge in [0.15, 0.2) is 0 Å². The third-order valence-electron chi connectivity index (χ3n) is 6.16. The number of thiophene rings is 1. The Morgan fingerprint density at radius 2 is 1.85 bits per heavy atom. The van der Waals surface area contributed by atoms with Gasteiger partial charge in [0.25, 0.3) is 5.91 Å². The molecule has 0 N–H and O–H groups in total. The van der Waals surface area contributed by atoms with E-state index in [0.717, 1.165) is 16.9 Å². The molecule has 3 aliphatic rings. The molecule has 172 valence electrons. The number of benzene rings is 1. The first-order valence-corrected chi connectivity index (χ1v) is 12.1. The highest BCUT2D eigenvalue weighted by atomic mass is 32.1. The van der Waals surface area contributed by atoms with E-state index >= 15 is 0 Å². The summed E-state index contributed by atoms with van der Waals surface area (Å²) >= 11 is 2.10. The van der Waals surface area contributed by atoms with Crippen molar-refractivity contribution in [2.45, 2.75) is 19.1 Å². The molecule has 0 saturated carbocycles. The minimum atomic E-state index is -4.60. The fraction of sp³-hybridized carbons (Fsp3) is 0.409. The standard InChI is InChI=1S/C22H20F3N4O2S2/c1-13-2-3-16-15(10-13)17(22(23,24)25)18(33-16)20(30)29-11-14(12-29)27-5-7-28(8-6-27)21(31)19-26-4-9-32-19/h2-4,10,14H,5-8,11-12H2,1H3/q+1. The number of carbonyl (C=O) groups is 2. The molecule has 0 aliphatic carbocycles. The molecule has 0 bridgehead atoms. The van der Waals surface area contributed by atoms with Gasteiger partial charge in [0, 0.05) is 55.4 Å². The van der Waals surface area contributed by atoms with E-state index in [9.17, 15) is 22.8 Å². The average molecular weight is 494 g/mol. The summed E-state index contributed by atoms with van der Waals surface area (Å²) in [6.45, 7) is 4.93. The normalized spacial score (nSPS) is 19.3. The van der Waals surface area contributed by atoms with E-state index in [1.54, 1.807) is 24.0 Å². The Balaban J connectivity index is 1.23. The van der Waals surface area contributed by atoms with E-state index in [-0.39, 0.29) is 22.2 Å². The quantitative estimate of drug-likeness (QED) is 0.488. The van der Waals surface area contributed by atoms with E-state index < -0.39 is 17.6 Å². The molecule has 0 spiro atoms. The van der Waals surface area contributed by atoms with Gasteiger partial charge < -0.3 is 9.80 Å². The van der Waals surface area contributed by atoms with Gasteiger partial charge in [0.1, 0.15) is 11.1 Å². The summed E-state index contributed by atoms with van der Waals surface area (Å²) in [6.07, 6.45) is -3.12. The van der Waals surface area contributed by atoms with Gasteiger partial charge in [-0.15, -0.1) is 11.3 Å². The monoisotopic (exact) mass is 493 g/mol. The van der Waals surface area contributed by atoms with Crippen LogP contribution in [-0.4, -0.2) is 81.9 Å². The highest BCUT2D eigenvalue weighted by molar-refractivity contribution is 7.95. The fourth-order valence-electron chi connectivity index (χ4n) is 4.36. The van der Waals surface area contributed by atoms with Crippen molar-refractivity contribution >= 4 is 54.7 Å². The maximum absolute atomic E-state index is 13.9. The van der Waals surface area contributed by atoms with Crippen LogP contribution < -0.4 is 0 Å². The SMILES string of the molecule is Cc1ccc2sc(C(=O)N3CC(N4CCN(C(=O)C5=NC=C=[S+]5)CC4)C3)c(C(F)(F)F)c2c1. The Morgan fingerprint density at radius 3 is 2.48 bits per heavy atom. The van der Waals surface area contributed by atoms with E-state index in [1.807, 2.05) is 0 Å². The van der Waals surface area contributed by atoms with Crippen molar-refractivity contribution in [2.75, 3.05) is 39.3 Å². The third kappa shape index (κ3) is 4.10. The van der Waals surface area contributed by atoms with Crippen LogP contribution in [0.1, 0.15) is 20.8 Å². The van der Waals surface area contributed by atoms with Crippen LogP contribution in [0.5, 0.6) is 0 Å². The van der Waals surface area contributed by atoms with Crippen molar-refractivity contribution in [3.8, 4) is 0 Å². The number of aliphatic imine (C=N–C) groups is 1. The van der Waals surface area contributed by atoms with Gasteiger partial charge in [0.2, 0.25) is 5.02 Å². The number of carbonyl (C=O) groups excluding carboxylic acids is 2. The summed E-state index contributed by atoms with van der Waals surface area (Å²) in [4.78, 5) is 34.6. The van der Waals surface area contributed by atoms with Crippen LogP contribution in [0.4, 0.5) is 13.2 Å². The molecule has 2 fully saturated rings. The van der Waals surface area contributed by atoms with Crippen LogP contribution in [0.25, 0.3) is 10.1 Å². The molecule has 6 nitrogen and oxygen atoms in total. The Bertz CT molecular complexity index is 1230. The molecule has 0 radical (unpaired) electrons. The van der Waals surface area contributed by atoms with Crippen LogP contribution in [0.3, 0.4) is 0 Å². The highest BCUT2D eigenvalue weighted by Crippen LogP contribution is 2.43. The minimum Gasteiger partial charge on any atom is -0.335 e. The lowest BCUT2D eigenvalue weighted by Gasteiger charge is -2.47. The number of nitrogens with zero attached hydrogens (tertiary/aromatic N) is 4. The van der Waals surface area contributed by atoms with E-state index in [2.05, 4.69) is 14.9 Å². The maximum Gasteiger partial charge on any atom is 0.418 e. The molecule has 1 aromatic carbocycles. The number of alkyl halides is 3. The molecule has 4 heterocycles. The van der Waals surface area contributed by atoms with Gasteiger partial charge in [-0.25, -0.2) is 0 Å². The molecule has 33 heavy (non-hydrogen) atoms. The van der Waals surface area contributed by atoms with Crippen LogP contribution >= 0.6 is 11.3 Å². The zero-order chi connectivity index (χ0) is 23.3. The van der Waals surface area contributed by atoms with Gasteiger partial charge in [-0.05, 0) is 19.1 Å². The number of likely N-dealkylation sites (tertiary alicyclic amines) is 1. The molecule has 2 saturated heterocycles. The number of hydrogen-bond donors (Lipinski definition) is 0. The number of amides is 2. The zero-order valence-electron chi connectivity index (χ0n) is 17.7. The Labute approximate surface area is 195 Å². The number of piperazine rings is 1. The Hall–Kier alpha value is -2.59. The molecule has 5 rings (SSSR count). The largest absolute Gasteiger partial charge is 0.418 e. The predicted molar refractivity (Wildman–Crippen MR) is 124 cm³/mol. The summed E-state index contributed by atoms with van der Waals surface area (Å²) in [5, 5.41) is 3.32. The number of fused-ring (bicyclic) bond motifs is 1. The van der Waals surface area contributed by atoms with Crippen molar-refractivity contribution in [2.24, 2.45) is 4.99 Å². The van der Waals surface area contributed by atoms with Gasteiger partial charge in [-0.1, -0.05) is 11.6 Å². The van der Waals surface area contributed by atoms with Crippen molar-refractivity contribution in [3.05, 3.63) is 40.4 Å². The van der Waals surface area contributed by atoms with Gasteiger partial charge in [-0.3, -0.25) is 14.5 Å². The molecule has 1 aromatic heterocycles. The zero-order valence-corrected chi connectivity index (χ0v) is 19.3. The first kappa shape index (κ1) is 22.2. The van der Waals surface area contributed by atoms with Crippen LogP contribution in [0.15, 0.2) is 29.4 Å². The second-order valence-electron chi connectivity index (χ2n) is 8.28. The Kier molecular flexibility index (Phi) is 5.60. The minimum absolute atomic E-state index is 0.0883. The topological polar surface area (TPSA) is 56.2 Å². The summed E-state index contributed by atoms with van der Waals surface area (Å²) in [7, 11) is 0. The highest BCUT2D eigenvalue weighted by Gasteiger charge is 2.43. The average Bonchev–Trinajstić information content (AvgIpc) is 3.40. The molecule has 2 amide bonds. The first-order chi connectivity index (χ1) is 15.7. The smallest absolute Gasteiger partial charge is 0.335 e. The number of hydrogen-bond acceptors (Lipinski definition) is 5. The summed E-state index contributed by atoms with van der Waals surface area (Å²) in [6, 6.07) is 4.98. The number of aryl methyl sites for hydroxylation is 1. The molecule has 0 atom stereocenters. The van der Waals surface area contributed by atoms with E-state index in [1.165, 1.54) is 28.5 Å². The lowest BCUT2D eigenvalue weighted by atomic mass is 10.0. The second kappa shape index (κ2) is 8.32. The maximum atomic E-state index is 13.9. The predicted octanol–water partition coefficient (Wildman–Crippen LogP) is 2.61. The Morgan fingerprint density at radius 1 is 1.12 bits per heavy atom. The second-order valence-corrected chi connectivity index (χ2v) is 10.2. The molecular weight excluding hydrogens is 473 g/mol. The molecule has 11 heteroatoms. The molecule has 2 aromatic rings. The lowest BCUT2D eigenvalue weighted by Crippen LogP contribution is -2.64. The van der Waals surface area contributed by atoms with E-state index in [4.69, 9.17) is 0 Å². The van der Waals surface area contributed by atoms with Crippen molar-refractivity contribution in [1.29, 1.82) is 0 Å². The van der Waals surface area contributed by atoms with Gasteiger partial charge in [0.05, 0.1) is 5.56 Å². The van der Waals surface area contributed by atoms with Crippen LogP contribution in [-0.2, 0) is 22.3 Å². The van der Waals surface area contributed by atoms with Crippen LogP contribution in [0.2, 0.25) is 0 Å². The summed E-state index contributed by atoms with van der Waals surface area (Å²) < 4.78 is 42.0. The first-order valence-electron chi connectivity index (χ1n) is 10.5. The summed E-state index contributed by atoms with van der Waals surface area (Å²) in [5.41, 5.74) is -0.106. The number of halogens is 3. The molecule has 3 aliphatic heterocycles. The van der Waals surface area contributed by atoms with Gasteiger partial charge >= 0.3 is 28.5 Å². The summed E-state index contributed by atoms with van der Waals surface area (Å²) in [5.74, 6) is -0.669. The van der Waals surface area contributed by atoms with Crippen molar-refractivity contribution in [1.82, 2.24) is 14.7 Å². The van der Waals surface area contributed by atoms with Crippen LogP contribution in [0, 0.1) is 6.92 Å². The lowest BCUT2D eigenvalue weighted by molar-refractivity contribution is -0.136.